The van der Waals surface area contributed by atoms with Crippen LogP contribution in [0.1, 0.15) is 21.7 Å². The van der Waals surface area contributed by atoms with E-state index < -0.39 is 14.9 Å². The average molecular weight is 418 g/mol. The molecule has 0 aliphatic rings. The van der Waals surface area contributed by atoms with Gasteiger partial charge in [-0.25, -0.2) is 18.1 Å². The largest absolute Gasteiger partial charge is 0.270 e. The van der Waals surface area contributed by atoms with E-state index in [4.69, 9.17) is 0 Å². The van der Waals surface area contributed by atoms with Gasteiger partial charge in [-0.15, -0.1) is 11.3 Å². The van der Waals surface area contributed by atoms with Crippen LogP contribution in [0.4, 0.5) is 5.69 Å². The Morgan fingerprint density at radius 3 is 2.50 bits per heavy atom. The Bertz CT molecular complexity index is 1150. The number of rotatable bonds is 6. The van der Waals surface area contributed by atoms with E-state index in [0.717, 1.165) is 32.8 Å². The Morgan fingerprint density at radius 1 is 1.11 bits per heavy atom. The van der Waals surface area contributed by atoms with Gasteiger partial charge >= 0.3 is 0 Å². The van der Waals surface area contributed by atoms with Gasteiger partial charge in [0, 0.05) is 29.1 Å². The molecule has 28 heavy (non-hydrogen) atoms. The number of nitro benzene ring substituents is 1. The fraction of sp³-hybridized carbons (Fsp3) is 0.211. The predicted octanol–water partition coefficient (Wildman–Crippen LogP) is 4.12. The van der Waals surface area contributed by atoms with E-state index in [-0.39, 0.29) is 17.1 Å². The van der Waals surface area contributed by atoms with Gasteiger partial charge in [0.2, 0.25) is 10.0 Å². The monoisotopic (exact) mass is 417 g/mol. The van der Waals surface area contributed by atoms with Crippen molar-refractivity contribution in [2.45, 2.75) is 32.2 Å². The standard InChI is InChI=1S/C19H19N3O4S2/c1-12-6-4-5-7-16(12)19-21-14(3)17(27-19)11-20-28(25,26)18-10-15(22(23)24)9-8-13(18)2/h4-10,20H,11H2,1-3H3. The second-order valence-electron chi connectivity index (χ2n) is 6.37. The van der Waals surface area contributed by atoms with Gasteiger partial charge in [0.1, 0.15) is 5.01 Å². The number of non-ortho nitro benzene ring substituents is 1. The van der Waals surface area contributed by atoms with Gasteiger partial charge in [0.15, 0.2) is 0 Å². The molecule has 0 radical (unpaired) electrons. The van der Waals surface area contributed by atoms with E-state index in [9.17, 15) is 18.5 Å². The van der Waals surface area contributed by atoms with E-state index in [0.29, 0.717) is 5.56 Å². The highest BCUT2D eigenvalue weighted by molar-refractivity contribution is 7.89. The zero-order valence-electron chi connectivity index (χ0n) is 15.6. The molecule has 3 rings (SSSR count). The number of benzene rings is 2. The smallest absolute Gasteiger partial charge is 0.258 e. The molecule has 9 heteroatoms. The van der Waals surface area contributed by atoms with Gasteiger partial charge in [-0.05, 0) is 31.9 Å². The number of aromatic nitrogens is 1. The summed E-state index contributed by atoms with van der Waals surface area (Å²) in [5.74, 6) is 0. The average Bonchev–Trinajstić information content (AvgIpc) is 3.01. The van der Waals surface area contributed by atoms with Crippen LogP contribution >= 0.6 is 11.3 Å². The Balaban J connectivity index is 1.85. The van der Waals surface area contributed by atoms with E-state index in [2.05, 4.69) is 9.71 Å². The summed E-state index contributed by atoms with van der Waals surface area (Å²) in [4.78, 5) is 15.6. The number of nitrogens with one attached hydrogen (secondary N) is 1. The number of sulfonamides is 1. The van der Waals surface area contributed by atoms with Crippen LogP contribution in [0.25, 0.3) is 10.6 Å². The highest BCUT2D eigenvalue weighted by atomic mass is 32.2. The SMILES string of the molecule is Cc1ccccc1-c1nc(C)c(CNS(=O)(=O)c2cc([N+](=O)[O-])ccc2C)s1. The molecule has 0 amide bonds. The summed E-state index contributed by atoms with van der Waals surface area (Å²) >= 11 is 1.43. The van der Waals surface area contributed by atoms with Gasteiger partial charge < -0.3 is 0 Å². The Labute approximate surface area is 167 Å². The summed E-state index contributed by atoms with van der Waals surface area (Å²) in [6, 6.07) is 11.7. The lowest BCUT2D eigenvalue weighted by Gasteiger charge is -2.08. The van der Waals surface area contributed by atoms with E-state index >= 15 is 0 Å². The zero-order chi connectivity index (χ0) is 20.5. The molecule has 7 nitrogen and oxygen atoms in total. The molecule has 146 valence electrons. The lowest BCUT2D eigenvalue weighted by Crippen LogP contribution is -2.24. The molecule has 0 bridgehead atoms. The molecular formula is C19H19N3O4S2. The third-order valence-corrected chi connectivity index (χ3v) is 7.10. The first-order chi connectivity index (χ1) is 13.2. The third-order valence-electron chi connectivity index (χ3n) is 4.36. The minimum atomic E-state index is -3.90. The molecular weight excluding hydrogens is 398 g/mol. The lowest BCUT2D eigenvalue weighted by molar-refractivity contribution is -0.385. The van der Waals surface area contributed by atoms with Crippen LogP contribution in [0, 0.1) is 30.9 Å². The van der Waals surface area contributed by atoms with Crippen LogP contribution in [0.2, 0.25) is 0 Å². The molecule has 0 aliphatic carbocycles. The second-order valence-corrected chi connectivity index (χ2v) is 9.19. The maximum Gasteiger partial charge on any atom is 0.270 e. The first-order valence-corrected chi connectivity index (χ1v) is 10.8. The maximum atomic E-state index is 12.7. The first-order valence-electron chi connectivity index (χ1n) is 8.46. The van der Waals surface area contributed by atoms with Crippen molar-refractivity contribution >= 4 is 27.0 Å². The van der Waals surface area contributed by atoms with Crippen LogP contribution < -0.4 is 4.72 Å². The quantitative estimate of drug-likeness (QED) is 0.480. The van der Waals surface area contributed by atoms with E-state index in [1.165, 1.54) is 23.5 Å². The highest BCUT2D eigenvalue weighted by Crippen LogP contribution is 2.30. The molecule has 0 unspecified atom stereocenters. The van der Waals surface area contributed by atoms with Crippen LogP contribution in [0.15, 0.2) is 47.4 Å². The number of nitro groups is 1. The zero-order valence-corrected chi connectivity index (χ0v) is 17.2. The van der Waals surface area contributed by atoms with Crippen molar-refractivity contribution in [1.29, 1.82) is 0 Å². The fourth-order valence-electron chi connectivity index (χ4n) is 2.75. The topological polar surface area (TPSA) is 102 Å². The normalized spacial score (nSPS) is 11.5. The van der Waals surface area contributed by atoms with E-state index in [1.807, 2.05) is 38.1 Å². The summed E-state index contributed by atoms with van der Waals surface area (Å²) in [5.41, 5.74) is 3.04. The van der Waals surface area contributed by atoms with Gasteiger partial charge in [-0.2, -0.15) is 0 Å². The first kappa shape index (κ1) is 20.1. The maximum absolute atomic E-state index is 12.7. The van der Waals surface area contributed by atoms with Crippen LogP contribution in [-0.4, -0.2) is 18.3 Å². The third kappa shape index (κ3) is 4.11. The van der Waals surface area contributed by atoms with Gasteiger partial charge in [0.05, 0.1) is 15.5 Å². The summed E-state index contributed by atoms with van der Waals surface area (Å²) in [7, 11) is -3.90. The molecule has 0 fully saturated rings. The van der Waals surface area contributed by atoms with Crippen molar-refractivity contribution in [3.8, 4) is 10.6 Å². The molecule has 1 heterocycles. The predicted molar refractivity (Wildman–Crippen MR) is 109 cm³/mol. The summed E-state index contributed by atoms with van der Waals surface area (Å²) in [6.45, 7) is 5.51. The molecule has 2 aromatic carbocycles. The minimum absolute atomic E-state index is 0.0693. The Hall–Kier alpha value is -2.62. The number of aryl methyl sites for hydroxylation is 3. The van der Waals surface area contributed by atoms with Crippen molar-refractivity contribution in [3.63, 3.8) is 0 Å². The van der Waals surface area contributed by atoms with Crippen molar-refractivity contribution in [3.05, 3.63) is 74.3 Å². The second kappa shape index (κ2) is 7.78. The van der Waals surface area contributed by atoms with E-state index in [1.54, 1.807) is 6.92 Å². The van der Waals surface area contributed by atoms with Crippen molar-refractivity contribution < 1.29 is 13.3 Å². The van der Waals surface area contributed by atoms with Crippen molar-refractivity contribution in [1.82, 2.24) is 9.71 Å². The number of hydrogen-bond acceptors (Lipinski definition) is 6. The van der Waals surface area contributed by atoms with Gasteiger partial charge in [-0.3, -0.25) is 10.1 Å². The van der Waals surface area contributed by atoms with Crippen LogP contribution in [-0.2, 0) is 16.6 Å². The minimum Gasteiger partial charge on any atom is -0.258 e. The number of thiazole rings is 1. The Kier molecular flexibility index (Phi) is 5.59. The summed E-state index contributed by atoms with van der Waals surface area (Å²) in [6.07, 6.45) is 0. The van der Waals surface area contributed by atoms with Crippen LogP contribution in [0.5, 0.6) is 0 Å². The van der Waals surface area contributed by atoms with Crippen molar-refractivity contribution in [2.24, 2.45) is 0 Å². The van der Waals surface area contributed by atoms with Crippen molar-refractivity contribution in [2.75, 3.05) is 0 Å². The molecule has 0 saturated carbocycles. The molecule has 0 aliphatic heterocycles. The summed E-state index contributed by atoms with van der Waals surface area (Å²) < 4.78 is 27.9. The molecule has 0 atom stereocenters. The molecule has 3 aromatic rings. The molecule has 1 aromatic heterocycles. The fourth-order valence-corrected chi connectivity index (χ4v) is 5.19. The Morgan fingerprint density at radius 2 is 1.82 bits per heavy atom. The summed E-state index contributed by atoms with van der Waals surface area (Å²) in [5, 5.41) is 11.8. The molecule has 0 spiro atoms. The molecule has 0 saturated heterocycles. The number of hydrogen-bond donors (Lipinski definition) is 1. The van der Waals surface area contributed by atoms with Crippen LogP contribution in [0.3, 0.4) is 0 Å². The molecule has 1 N–H and O–H groups in total. The highest BCUT2D eigenvalue weighted by Gasteiger charge is 2.21. The van der Waals surface area contributed by atoms with Gasteiger partial charge in [-0.1, -0.05) is 30.3 Å². The number of nitrogens with zero attached hydrogens (tertiary/aromatic N) is 2. The van der Waals surface area contributed by atoms with Gasteiger partial charge in [0.25, 0.3) is 5.69 Å². The lowest BCUT2D eigenvalue weighted by atomic mass is 10.1.